The van der Waals surface area contributed by atoms with Gasteiger partial charge in [0, 0.05) is 12.1 Å². The van der Waals surface area contributed by atoms with Crippen LogP contribution in [0.5, 0.6) is 5.75 Å². The highest BCUT2D eigenvalue weighted by atomic mass is 16.3. The topological polar surface area (TPSA) is 46.2 Å². The molecule has 3 N–H and O–H groups in total. The van der Waals surface area contributed by atoms with Gasteiger partial charge >= 0.3 is 0 Å². The first-order chi connectivity index (χ1) is 6.54. The Morgan fingerprint density at radius 2 is 2.00 bits per heavy atom. The molecule has 1 aromatic carbocycles. The number of rotatable bonds is 3. The molecule has 2 nitrogen and oxygen atoms in total. The molecule has 0 saturated heterocycles. The van der Waals surface area contributed by atoms with Gasteiger partial charge in [-0.25, -0.2) is 0 Å². The molecule has 0 aliphatic rings. The Bertz CT molecular complexity index is 318. The fourth-order valence-electron chi connectivity index (χ4n) is 1.68. The summed E-state index contributed by atoms with van der Waals surface area (Å²) in [5.74, 6) is 0.976. The van der Waals surface area contributed by atoms with Crippen molar-refractivity contribution in [2.45, 2.75) is 33.7 Å². The minimum absolute atomic E-state index is 0.347. The maximum absolute atomic E-state index is 9.68. The van der Waals surface area contributed by atoms with E-state index in [9.17, 15) is 5.11 Å². The van der Waals surface area contributed by atoms with Crippen LogP contribution in [0.3, 0.4) is 0 Å². The Morgan fingerprint density at radius 1 is 1.36 bits per heavy atom. The van der Waals surface area contributed by atoms with Crippen LogP contribution in [0.15, 0.2) is 12.1 Å². The van der Waals surface area contributed by atoms with Crippen LogP contribution in [0, 0.1) is 12.8 Å². The summed E-state index contributed by atoms with van der Waals surface area (Å²) in [5.41, 5.74) is 8.59. The lowest BCUT2D eigenvalue weighted by Crippen LogP contribution is -2.01. The Labute approximate surface area is 85.8 Å². The highest BCUT2D eigenvalue weighted by Crippen LogP contribution is 2.24. The molecule has 0 radical (unpaired) electrons. The van der Waals surface area contributed by atoms with Gasteiger partial charge in [-0.3, -0.25) is 0 Å². The predicted molar refractivity (Wildman–Crippen MR) is 59.3 cm³/mol. The monoisotopic (exact) mass is 193 g/mol. The van der Waals surface area contributed by atoms with E-state index in [1.165, 1.54) is 5.56 Å². The van der Waals surface area contributed by atoms with Crippen molar-refractivity contribution >= 4 is 0 Å². The number of benzene rings is 1. The Morgan fingerprint density at radius 3 is 2.50 bits per heavy atom. The molecule has 14 heavy (non-hydrogen) atoms. The zero-order valence-electron chi connectivity index (χ0n) is 9.17. The van der Waals surface area contributed by atoms with Gasteiger partial charge in [-0.05, 0) is 30.4 Å². The van der Waals surface area contributed by atoms with Crippen molar-refractivity contribution in [3.8, 4) is 5.75 Å². The van der Waals surface area contributed by atoms with Gasteiger partial charge in [0.1, 0.15) is 5.75 Å². The summed E-state index contributed by atoms with van der Waals surface area (Å²) in [4.78, 5) is 0. The fourth-order valence-corrected chi connectivity index (χ4v) is 1.68. The third-order valence-electron chi connectivity index (χ3n) is 2.30. The molecule has 0 fully saturated rings. The Hall–Kier alpha value is -1.02. The predicted octanol–water partition coefficient (Wildman–Crippen LogP) is 2.36. The number of aromatic hydroxyl groups is 1. The van der Waals surface area contributed by atoms with E-state index in [-0.39, 0.29) is 0 Å². The average molecular weight is 193 g/mol. The van der Waals surface area contributed by atoms with E-state index >= 15 is 0 Å². The number of nitrogens with two attached hydrogens (primary N) is 1. The van der Waals surface area contributed by atoms with Crippen molar-refractivity contribution < 1.29 is 5.11 Å². The summed E-state index contributed by atoms with van der Waals surface area (Å²) in [6, 6.07) is 4.04. The van der Waals surface area contributed by atoms with E-state index in [2.05, 4.69) is 13.8 Å². The van der Waals surface area contributed by atoms with Crippen LogP contribution < -0.4 is 5.73 Å². The Kier molecular flexibility index (Phi) is 3.53. The van der Waals surface area contributed by atoms with Crippen molar-refractivity contribution in [1.29, 1.82) is 0 Å². The summed E-state index contributed by atoms with van der Waals surface area (Å²) in [7, 11) is 0. The standard InChI is InChI=1S/C12H19NO/c1-8(2)4-10-5-9(3)12(14)11(6-10)7-13/h5-6,8,14H,4,7,13H2,1-3H3. The van der Waals surface area contributed by atoms with Crippen LogP contribution >= 0.6 is 0 Å². The maximum Gasteiger partial charge on any atom is 0.122 e. The summed E-state index contributed by atoms with van der Waals surface area (Å²) < 4.78 is 0. The molecule has 0 aliphatic carbocycles. The number of hydrogen-bond acceptors (Lipinski definition) is 2. The van der Waals surface area contributed by atoms with Crippen LogP contribution in [0.4, 0.5) is 0 Å². The molecule has 0 unspecified atom stereocenters. The second-order valence-corrected chi connectivity index (χ2v) is 4.22. The lowest BCUT2D eigenvalue weighted by atomic mass is 9.98. The molecule has 0 aromatic heterocycles. The highest BCUT2D eigenvalue weighted by molar-refractivity contribution is 5.43. The van der Waals surface area contributed by atoms with Gasteiger partial charge in [0.05, 0.1) is 0 Å². The molecule has 1 rings (SSSR count). The summed E-state index contributed by atoms with van der Waals surface area (Å²) in [6.45, 7) is 6.69. The molecule has 78 valence electrons. The molecule has 0 bridgehead atoms. The number of hydrogen-bond donors (Lipinski definition) is 2. The lowest BCUT2D eigenvalue weighted by Gasteiger charge is -2.10. The van der Waals surface area contributed by atoms with Gasteiger partial charge in [0.15, 0.2) is 0 Å². The van der Waals surface area contributed by atoms with Crippen molar-refractivity contribution in [2.24, 2.45) is 11.7 Å². The van der Waals surface area contributed by atoms with Crippen LogP contribution in [0.25, 0.3) is 0 Å². The van der Waals surface area contributed by atoms with Crippen molar-refractivity contribution in [2.75, 3.05) is 0 Å². The van der Waals surface area contributed by atoms with Gasteiger partial charge in [-0.2, -0.15) is 0 Å². The number of phenols is 1. The van der Waals surface area contributed by atoms with E-state index in [0.717, 1.165) is 17.5 Å². The minimum Gasteiger partial charge on any atom is -0.507 e. The molecular weight excluding hydrogens is 174 g/mol. The van der Waals surface area contributed by atoms with E-state index in [1.54, 1.807) is 0 Å². The number of aryl methyl sites for hydroxylation is 1. The largest absolute Gasteiger partial charge is 0.507 e. The van der Waals surface area contributed by atoms with Gasteiger partial charge < -0.3 is 10.8 Å². The summed E-state index contributed by atoms with van der Waals surface area (Å²) in [6.07, 6.45) is 1.04. The lowest BCUT2D eigenvalue weighted by molar-refractivity contribution is 0.463. The van der Waals surface area contributed by atoms with Crippen LogP contribution in [0.1, 0.15) is 30.5 Å². The normalized spacial score (nSPS) is 10.9. The fraction of sp³-hybridized carbons (Fsp3) is 0.500. The SMILES string of the molecule is Cc1cc(CC(C)C)cc(CN)c1O. The molecule has 0 heterocycles. The van der Waals surface area contributed by atoms with E-state index < -0.39 is 0 Å². The first kappa shape index (κ1) is 11.1. The molecule has 0 aliphatic heterocycles. The van der Waals surface area contributed by atoms with Gasteiger partial charge in [-0.15, -0.1) is 0 Å². The minimum atomic E-state index is 0.347. The Balaban J connectivity index is 3.03. The second kappa shape index (κ2) is 4.47. The van der Waals surface area contributed by atoms with Crippen LogP contribution in [-0.4, -0.2) is 5.11 Å². The molecule has 2 heteroatoms. The summed E-state index contributed by atoms with van der Waals surface area (Å²) in [5, 5.41) is 9.68. The average Bonchev–Trinajstić information content (AvgIpc) is 2.10. The molecule has 0 atom stereocenters. The van der Waals surface area contributed by atoms with Crippen LogP contribution in [-0.2, 0) is 13.0 Å². The molecule has 1 aromatic rings. The van der Waals surface area contributed by atoms with Gasteiger partial charge in [-0.1, -0.05) is 26.0 Å². The molecule has 0 amide bonds. The zero-order chi connectivity index (χ0) is 10.7. The van der Waals surface area contributed by atoms with Crippen LogP contribution in [0.2, 0.25) is 0 Å². The van der Waals surface area contributed by atoms with E-state index in [4.69, 9.17) is 5.73 Å². The molecule has 0 spiro atoms. The highest BCUT2D eigenvalue weighted by Gasteiger charge is 2.06. The van der Waals surface area contributed by atoms with E-state index in [1.807, 2.05) is 19.1 Å². The first-order valence-electron chi connectivity index (χ1n) is 5.06. The smallest absolute Gasteiger partial charge is 0.122 e. The van der Waals surface area contributed by atoms with E-state index in [0.29, 0.717) is 18.2 Å². The molecular formula is C12H19NO. The number of phenolic OH excluding ortho intramolecular Hbond substituents is 1. The maximum atomic E-state index is 9.68. The first-order valence-corrected chi connectivity index (χ1v) is 5.06. The third kappa shape index (κ3) is 2.48. The summed E-state index contributed by atoms with van der Waals surface area (Å²) >= 11 is 0. The quantitative estimate of drug-likeness (QED) is 0.774. The zero-order valence-corrected chi connectivity index (χ0v) is 9.17. The van der Waals surface area contributed by atoms with Crippen molar-refractivity contribution in [3.63, 3.8) is 0 Å². The van der Waals surface area contributed by atoms with Gasteiger partial charge in [0.2, 0.25) is 0 Å². The molecule has 0 saturated carbocycles. The van der Waals surface area contributed by atoms with Gasteiger partial charge in [0.25, 0.3) is 0 Å². The van der Waals surface area contributed by atoms with Crippen molar-refractivity contribution in [1.82, 2.24) is 0 Å². The third-order valence-corrected chi connectivity index (χ3v) is 2.30. The van der Waals surface area contributed by atoms with Crippen molar-refractivity contribution in [3.05, 3.63) is 28.8 Å². The second-order valence-electron chi connectivity index (χ2n) is 4.22.